The molecular formula is C14H17FN2O4. The van der Waals surface area contributed by atoms with Crippen LogP contribution >= 0.6 is 0 Å². The average molecular weight is 296 g/mol. The first kappa shape index (κ1) is 16.6. The molecule has 1 aromatic carbocycles. The van der Waals surface area contributed by atoms with E-state index in [0.717, 1.165) is 6.07 Å². The zero-order chi connectivity index (χ0) is 16.2. The van der Waals surface area contributed by atoms with Crippen molar-refractivity contribution in [2.75, 3.05) is 5.32 Å². The average Bonchev–Trinajstić information content (AvgIpc) is 2.32. The first-order valence-electron chi connectivity index (χ1n) is 6.22. The second-order valence-electron chi connectivity index (χ2n) is 5.33. The maximum Gasteiger partial charge on any atom is 0.325 e. The smallest absolute Gasteiger partial charge is 0.325 e. The fourth-order valence-electron chi connectivity index (χ4n) is 1.53. The van der Waals surface area contributed by atoms with Crippen LogP contribution in [-0.4, -0.2) is 23.0 Å². The van der Waals surface area contributed by atoms with Gasteiger partial charge in [0.2, 0.25) is 5.91 Å². The van der Waals surface area contributed by atoms with Crippen molar-refractivity contribution < 1.29 is 23.9 Å². The lowest BCUT2D eigenvalue weighted by atomic mass is 9.89. The second kappa shape index (κ2) is 6.34. The molecule has 0 unspecified atom stereocenters. The van der Waals surface area contributed by atoms with Crippen LogP contribution < -0.4 is 10.6 Å². The fourth-order valence-corrected chi connectivity index (χ4v) is 1.53. The third kappa shape index (κ3) is 4.87. The number of halogens is 1. The summed E-state index contributed by atoms with van der Waals surface area (Å²) in [5.41, 5.74) is -0.415. The van der Waals surface area contributed by atoms with Gasteiger partial charge in [-0.2, -0.15) is 0 Å². The minimum atomic E-state index is -1.28. The number of benzene rings is 1. The summed E-state index contributed by atoms with van der Waals surface area (Å²) in [6, 6.07) is 3.02. The zero-order valence-corrected chi connectivity index (χ0v) is 12.0. The summed E-state index contributed by atoms with van der Waals surface area (Å²) in [7, 11) is 0. The van der Waals surface area contributed by atoms with Gasteiger partial charge in [0.25, 0.3) is 0 Å². The summed E-state index contributed by atoms with van der Waals surface area (Å²) in [5, 5.41) is 13.3. The van der Waals surface area contributed by atoms with Crippen LogP contribution in [0.5, 0.6) is 0 Å². The van der Waals surface area contributed by atoms with Gasteiger partial charge in [-0.1, -0.05) is 6.07 Å². The SMILES string of the molecule is Cc1ccc(F)cc1NC(=O)NC(=O)CC(C)(C)C(=O)O. The number of carbonyl (C=O) groups is 3. The van der Waals surface area contributed by atoms with Crippen molar-refractivity contribution in [3.05, 3.63) is 29.6 Å². The summed E-state index contributed by atoms with van der Waals surface area (Å²) in [6.45, 7) is 4.43. The molecule has 0 aromatic heterocycles. The predicted molar refractivity (Wildman–Crippen MR) is 74.3 cm³/mol. The molecule has 0 saturated carbocycles. The molecule has 0 aliphatic heterocycles. The Morgan fingerprint density at radius 2 is 1.90 bits per heavy atom. The lowest BCUT2D eigenvalue weighted by Crippen LogP contribution is -2.38. The van der Waals surface area contributed by atoms with Crippen molar-refractivity contribution in [3.63, 3.8) is 0 Å². The van der Waals surface area contributed by atoms with Crippen molar-refractivity contribution >= 4 is 23.6 Å². The highest BCUT2D eigenvalue weighted by Crippen LogP contribution is 2.20. The van der Waals surface area contributed by atoms with Gasteiger partial charge in [0.1, 0.15) is 5.82 Å². The van der Waals surface area contributed by atoms with E-state index >= 15 is 0 Å². The summed E-state index contributed by atoms with van der Waals surface area (Å²) >= 11 is 0. The van der Waals surface area contributed by atoms with Crippen LogP contribution in [0.2, 0.25) is 0 Å². The summed E-state index contributed by atoms with van der Waals surface area (Å²) in [5.74, 6) is -2.39. The van der Waals surface area contributed by atoms with E-state index in [1.54, 1.807) is 6.92 Å². The molecular weight excluding hydrogens is 279 g/mol. The summed E-state index contributed by atoms with van der Waals surface area (Å²) < 4.78 is 13.1. The number of amides is 3. The zero-order valence-electron chi connectivity index (χ0n) is 12.0. The first-order valence-corrected chi connectivity index (χ1v) is 6.22. The first-order chi connectivity index (χ1) is 9.61. The molecule has 0 bridgehead atoms. The van der Waals surface area contributed by atoms with Gasteiger partial charge in [0, 0.05) is 12.1 Å². The van der Waals surface area contributed by atoms with Crippen LogP contribution in [0.3, 0.4) is 0 Å². The van der Waals surface area contributed by atoms with E-state index in [-0.39, 0.29) is 12.1 Å². The number of aryl methyl sites for hydroxylation is 1. The highest BCUT2D eigenvalue weighted by Gasteiger charge is 2.30. The number of carboxylic acids is 1. The molecule has 114 valence electrons. The molecule has 6 nitrogen and oxygen atoms in total. The Labute approximate surface area is 121 Å². The number of aliphatic carboxylic acids is 1. The van der Waals surface area contributed by atoms with E-state index in [1.165, 1.54) is 26.0 Å². The van der Waals surface area contributed by atoms with Crippen molar-refractivity contribution in [1.29, 1.82) is 0 Å². The Morgan fingerprint density at radius 1 is 1.29 bits per heavy atom. The number of hydrogen-bond acceptors (Lipinski definition) is 3. The normalized spacial score (nSPS) is 10.9. The molecule has 1 rings (SSSR count). The molecule has 3 amide bonds. The van der Waals surface area contributed by atoms with E-state index < -0.39 is 29.1 Å². The molecule has 1 aromatic rings. The lowest BCUT2D eigenvalue weighted by molar-refractivity contribution is -0.149. The number of carbonyl (C=O) groups excluding carboxylic acids is 2. The maximum absolute atomic E-state index is 13.1. The monoisotopic (exact) mass is 296 g/mol. The molecule has 0 aliphatic carbocycles. The van der Waals surface area contributed by atoms with Crippen molar-refractivity contribution in [2.45, 2.75) is 27.2 Å². The van der Waals surface area contributed by atoms with Gasteiger partial charge in [-0.15, -0.1) is 0 Å². The third-order valence-corrected chi connectivity index (χ3v) is 2.88. The summed E-state index contributed by atoms with van der Waals surface area (Å²) in [4.78, 5) is 34.1. The van der Waals surface area contributed by atoms with E-state index in [2.05, 4.69) is 5.32 Å². The van der Waals surface area contributed by atoms with E-state index in [9.17, 15) is 18.8 Å². The van der Waals surface area contributed by atoms with Crippen LogP contribution in [0.25, 0.3) is 0 Å². The number of carboxylic acid groups (broad SMARTS) is 1. The summed E-state index contributed by atoms with van der Waals surface area (Å²) in [6.07, 6.45) is -0.349. The highest BCUT2D eigenvalue weighted by atomic mass is 19.1. The molecule has 0 heterocycles. The van der Waals surface area contributed by atoms with E-state index in [4.69, 9.17) is 5.11 Å². The molecule has 0 saturated heterocycles. The quantitative estimate of drug-likeness (QED) is 0.794. The Kier molecular flexibility index (Phi) is 5.02. The third-order valence-electron chi connectivity index (χ3n) is 2.88. The molecule has 0 radical (unpaired) electrons. The molecule has 7 heteroatoms. The number of hydrogen-bond donors (Lipinski definition) is 3. The highest BCUT2D eigenvalue weighted by molar-refractivity contribution is 6.02. The topological polar surface area (TPSA) is 95.5 Å². The largest absolute Gasteiger partial charge is 0.481 e. The van der Waals surface area contributed by atoms with Gasteiger partial charge in [-0.05, 0) is 38.5 Å². The molecule has 21 heavy (non-hydrogen) atoms. The van der Waals surface area contributed by atoms with Crippen molar-refractivity contribution in [1.82, 2.24) is 5.32 Å². The van der Waals surface area contributed by atoms with Gasteiger partial charge < -0.3 is 10.4 Å². The van der Waals surface area contributed by atoms with Gasteiger partial charge >= 0.3 is 12.0 Å². The molecule has 0 spiro atoms. The second-order valence-corrected chi connectivity index (χ2v) is 5.33. The van der Waals surface area contributed by atoms with E-state index in [1.807, 2.05) is 5.32 Å². The van der Waals surface area contributed by atoms with Crippen LogP contribution in [0.15, 0.2) is 18.2 Å². The minimum Gasteiger partial charge on any atom is -0.481 e. The van der Waals surface area contributed by atoms with Crippen LogP contribution in [0, 0.1) is 18.2 Å². The Morgan fingerprint density at radius 3 is 2.48 bits per heavy atom. The Hall–Kier alpha value is -2.44. The van der Waals surface area contributed by atoms with Crippen LogP contribution in [-0.2, 0) is 9.59 Å². The number of anilines is 1. The number of nitrogens with one attached hydrogen (secondary N) is 2. The van der Waals surface area contributed by atoms with Gasteiger partial charge in [-0.25, -0.2) is 9.18 Å². The molecule has 0 atom stereocenters. The molecule has 0 aliphatic rings. The Bertz CT molecular complexity index is 584. The fraction of sp³-hybridized carbons (Fsp3) is 0.357. The van der Waals surface area contributed by atoms with Gasteiger partial charge in [0.15, 0.2) is 0 Å². The van der Waals surface area contributed by atoms with E-state index in [0.29, 0.717) is 5.56 Å². The van der Waals surface area contributed by atoms with Crippen molar-refractivity contribution in [3.8, 4) is 0 Å². The minimum absolute atomic E-state index is 0.234. The predicted octanol–water partition coefficient (Wildman–Crippen LogP) is 2.28. The van der Waals surface area contributed by atoms with Crippen LogP contribution in [0.4, 0.5) is 14.9 Å². The lowest BCUT2D eigenvalue weighted by Gasteiger charge is -2.18. The number of rotatable bonds is 4. The van der Waals surface area contributed by atoms with Crippen molar-refractivity contribution in [2.24, 2.45) is 5.41 Å². The van der Waals surface area contributed by atoms with Crippen LogP contribution in [0.1, 0.15) is 25.8 Å². The number of imide groups is 1. The standard InChI is InChI=1S/C14H17FN2O4/c1-8-4-5-9(15)6-10(8)16-13(21)17-11(18)7-14(2,3)12(19)20/h4-6H,7H2,1-3H3,(H,19,20)(H2,16,17,18,21). The molecule has 3 N–H and O–H groups in total. The van der Waals surface area contributed by atoms with Gasteiger partial charge in [0.05, 0.1) is 5.41 Å². The molecule has 0 fully saturated rings. The van der Waals surface area contributed by atoms with Gasteiger partial charge in [-0.3, -0.25) is 14.9 Å². The Balaban J connectivity index is 2.64. The number of urea groups is 1. The maximum atomic E-state index is 13.1.